The van der Waals surface area contributed by atoms with E-state index in [4.69, 9.17) is 11.6 Å². The second-order valence-corrected chi connectivity index (χ2v) is 8.23. The number of benzene rings is 1. The van der Waals surface area contributed by atoms with E-state index in [1.54, 1.807) is 0 Å². The number of fused-ring (bicyclic) bond motifs is 1. The number of aromatic amines is 1. The summed E-state index contributed by atoms with van der Waals surface area (Å²) in [4.78, 5) is 12.6. The summed E-state index contributed by atoms with van der Waals surface area (Å²) in [5.41, 5.74) is 0.808. The van der Waals surface area contributed by atoms with Gasteiger partial charge in [-0.3, -0.25) is 5.10 Å². The highest BCUT2D eigenvalue weighted by Gasteiger charge is 2.31. The van der Waals surface area contributed by atoms with Crippen molar-refractivity contribution in [3.05, 3.63) is 53.4 Å². The van der Waals surface area contributed by atoms with Gasteiger partial charge in [0, 0.05) is 18.5 Å². The SMILES string of the molecule is FC(F)(F)c1cnc(Sc2nc3ccccc3n2CCSc2ncn[nH]2)c(Cl)c1. The number of pyridine rings is 1. The van der Waals surface area contributed by atoms with Crippen LogP contribution in [0.15, 0.2) is 58.2 Å². The van der Waals surface area contributed by atoms with E-state index in [1.165, 1.54) is 18.1 Å². The van der Waals surface area contributed by atoms with E-state index < -0.39 is 11.7 Å². The maximum Gasteiger partial charge on any atom is 0.417 e. The van der Waals surface area contributed by atoms with Gasteiger partial charge in [-0.2, -0.15) is 18.3 Å². The van der Waals surface area contributed by atoms with Crippen molar-refractivity contribution < 1.29 is 13.2 Å². The molecule has 0 unspecified atom stereocenters. The Hall–Kier alpha value is -2.24. The van der Waals surface area contributed by atoms with E-state index in [0.717, 1.165) is 35.1 Å². The molecule has 0 saturated carbocycles. The number of rotatable bonds is 6. The number of aryl methyl sites for hydroxylation is 1. The second-order valence-electron chi connectivity index (χ2n) is 5.78. The van der Waals surface area contributed by atoms with Crippen molar-refractivity contribution in [3.63, 3.8) is 0 Å². The molecule has 12 heteroatoms. The predicted octanol–water partition coefficient (Wildman–Crippen LogP) is 5.17. The number of aromatic nitrogens is 6. The number of nitrogens with zero attached hydrogens (tertiary/aromatic N) is 5. The number of para-hydroxylation sites is 2. The van der Waals surface area contributed by atoms with Crippen LogP contribution in [0.25, 0.3) is 11.0 Å². The van der Waals surface area contributed by atoms with Crippen LogP contribution in [0.5, 0.6) is 0 Å². The van der Waals surface area contributed by atoms with Crippen molar-refractivity contribution in [2.45, 2.75) is 28.1 Å². The van der Waals surface area contributed by atoms with Gasteiger partial charge in [-0.15, -0.1) is 0 Å². The van der Waals surface area contributed by atoms with E-state index in [0.29, 0.717) is 22.6 Å². The minimum atomic E-state index is -4.50. The number of alkyl halides is 3. The quantitative estimate of drug-likeness (QED) is 0.404. The maximum absolute atomic E-state index is 12.8. The molecule has 6 nitrogen and oxygen atoms in total. The predicted molar refractivity (Wildman–Crippen MR) is 105 cm³/mol. The molecule has 3 aromatic heterocycles. The van der Waals surface area contributed by atoms with Crippen LogP contribution in [0.3, 0.4) is 0 Å². The summed E-state index contributed by atoms with van der Waals surface area (Å²) >= 11 is 8.70. The Balaban J connectivity index is 1.61. The standard InChI is InChI=1S/C17H12ClF3N6S2/c18-11-7-10(17(19,20)21)8-22-14(11)29-16-25-12-3-1-2-4-13(12)27(16)5-6-28-15-23-9-24-26-15/h1-4,7-9H,5-6H2,(H,23,24,26). The highest BCUT2D eigenvalue weighted by Crippen LogP contribution is 2.37. The summed E-state index contributed by atoms with van der Waals surface area (Å²) in [5.74, 6) is 0.692. The fraction of sp³-hybridized carbons (Fsp3) is 0.176. The molecule has 0 atom stereocenters. The molecule has 0 bridgehead atoms. The third kappa shape index (κ3) is 4.51. The lowest BCUT2D eigenvalue weighted by molar-refractivity contribution is -0.137. The molecule has 0 spiro atoms. The molecule has 0 amide bonds. The fourth-order valence-electron chi connectivity index (χ4n) is 2.59. The van der Waals surface area contributed by atoms with Gasteiger partial charge < -0.3 is 4.57 Å². The Morgan fingerprint density at radius 2 is 2.00 bits per heavy atom. The normalized spacial score (nSPS) is 12.0. The van der Waals surface area contributed by atoms with E-state index in [9.17, 15) is 13.2 Å². The Morgan fingerprint density at radius 1 is 1.17 bits per heavy atom. The van der Waals surface area contributed by atoms with Crippen LogP contribution in [-0.2, 0) is 12.7 Å². The van der Waals surface area contributed by atoms with Crippen molar-refractivity contribution in [2.75, 3.05) is 5.75 Å². The molecule has 0 radical (unpaired) electrons. The minimum absolute atomic E-state index is 0.0699. The molecule has 4 rings (SSSR count). The van der Waals surface area contributed by atoms with Gasteiger partial charge in [-0.1, -0.05) is 35.5 Å². The van der Waals surface area contributed by atoms with Crippen LogP contribution in [0.4, 0.5) is 13.2 Å². The number of imidazole rings is 1. The molecule has 150 valence electrons. The summed E-state index contributed by atoms with van der Waals surface area (Å²) in [5, 5.41) is 8.09. The first-order valence-corrected chi connectivity index (χ1v) is 10.4. The molecule has 4 aromatic rings. The minimum Gasteiger partial charge on any atom is -0.318 e. The van der Waals surface area contributed by atoms with Crippen molar-refractivity contribution in [1.82, 2.24) is 29.7 Å². The van der Waals surface area contributed by atoms with Gasteiger partial charge in [0.15, 0.2) is 10.3 Å². The van der Waals surface area contributed by atoms with E-state index in [-0.39, 0.29) is 10.0 Å². The summed E-state index contributed by atoms with van der Waals surface area (Å²) in [6.45, 7) is 0.604. The highest BCUT2D eigenvalue weighted by atomic mass is 35.5. The lowest BCUT2D eigenvalue weighted by Crippen LogP contribution is -2.06. The van der Waals surface area contributed by atoms with Crippen LogP contribution in [0, 0.1) is 0 Å². The molecule has 3 heterocycles. The first kappa shape index (κ1) is 20.0. The molecule has 0 fully saturated rings. The maximum atomic E-state index is 12.8. The van der Waals surface area contributed by atoms with Crippen molar-refractivity contribution in [3.8, 4) is 0 Å². The van der Waals surface area contributed by atoms with Gasteiger partial charge >= 0.3 is 6.18 Å². The number of thioether (sulfide) groups is 1. The summed E-state index contributed by atoms with van der Waals surface area (Å²) in [6, 6.07) is 8.47. The Labute approximate surface area is 176 Å². The number of nitrogens with one attached hydrogen (secondary N) is 1. The van der Waals surface area contributed by atoms with Crippen molar-refractivity contribution >= 4 is 46.2 Å². The van der Waals surface area contributed by atoms with E-state index >= 15 is 0 Å². The Kier molecular flexibility index (Phi) is 5.70. The lowest BCUT2D eigenvalue weighted by atomic mass is 10.3. The third-order valence-electron chi connectivity index (χ3n) is 3.89. The van der Waals surface area contributed by atoms with Crippen molar-refractivity contribution in [2.24, 2.45) is 0 Å². The van der Waals surface area contributed by atoms with Crippen LogP contribution >= 0.6 is 35.1 Å². The molecule has 1 aromatic carbocycles. The van der Waals surface area contributed by atoms with Crippen molar-refractivity contribution in [1.29, 1.82) is 0 Å². The molecule has 0 aliphatic carbocycles. The topological polar surface area (TPSA) is 72.3 Å². The first-order chi connectivity index (χ1) is 13.9. The third-order valence-corrected chi connectivity index (χ3v) is 6.16. The number of H-pyrrole nitrogens is 1. The monoisotopic (exact) mass is 456 g/mol. The van der Waals surface area contributed by atoms with Gasteiger partial charge in [-0.25, -0.2) is 15.0 Å². The average molecular weight is 457 g/mol. The van der Waals surface area contributed by atoms with Gasteiger partial charge in [0.1, 0.15) is 11.4 Å². The molecule has 0 saturated heterocycles. The summed E-state index contributed by atoms with van der Waals surface area (Å²) in [7, 11) is 0. The van der Waals surface area contributed by atoms with Crippen LogP contribution in [0.1, 0.15) is 5.56 Å². The first-order valence-electron chi connectivity index (χ1n) is 8.26. The smallest absolute Gasteiger partial charge is 0.318 e. The van der Waals surface area contributed by atoms with E-state index in [2.05, 4.69) is 25.1 Å². The molecule has 29 heavy (non-hydrogen) atoms. The summed E-state index contributed by atoms with van der Waals surface area (Å²) < 4.78 is 40.5. The van der Waals surface area contributed by atoms with E-state index in [1.807, 2.05) is 28.8 Å². The number of halogens is 4. The highest BCUT2D eigenvalue weighted by molar-refractivity contribution is 7.99. The zero-order chi connectivity index (χ0) is 20.4. The Bertz CT molecular complexity index is 1130. The van der Waals surface area contributed by atoms with Crippen LogP contribution in [-0.4, -0.2) is 35.5 Å². The molecular formula is C17H12ClF3N6S2. The van der Waals surface area contributed by atoms with Gasteiger partial charge in [0.05, 0.1) is 21.6 Å². The zero-order valence-electron chi connectivity index (χ0n) is 14.5. The van der Waals surface area contributed by atoms with Gasteiger partial charge in [-0.05, 0) is 30.0 Å². The lowest BCUT2D eigenvalue weighted by Gasteiger charge is -2.10. The molecule has 1 N–H and O–H groups in total. The average Bonchev–Trinajstić information content (AvgIpc) is 3.31. The molecule has 0 aliphatic rings. The number of hydrogen-bond acceptors (Lipinski definition) is 6. The number of hydrogen-bond donors (Lipinski definition) is 1. The second kappa shape index (κ2) is 8.25. The largest absolute Gasteiger partial charge is 0.417 e. The van der Waals surface area contributed by atoms with Crippen LogP contribution in [0.2, 0.25) is 5.02 Å². The summed E-state index contributed by atoms with van der Waals surface area (Å²) in [6.07, 6.45) is -2.28. The Morgan fingerprint density at radius 3 is 2.72 bits per heavy atom. The molecular weight excluding hydrogens is 445 g/mol. The van der Waals surface area contributed by atoms with Gasteiger partial charge in [0.2, 0.25) is 0 Å². The fourth-order valence-corrected chi connectivity index (χ4v) is 4.45. The zero-order valence-corrected chi connectivity index (χ0v) is 16.9. The van der Waals surface area contributed by atoms with Crippen LogP contribution < -0.4 is 0 Å². The molecule has 0 aliphatic heterocycles. The van der Waals surface area contributed by atoms with Gasteiger partial charge in [0.25, 0.3) is 0 Å².